The number of ether oxygens (including phenoxy) is 1. The van der Waals surface area contributed by atoms with Gasteiger partial charge >= 0.3 is 0 Å². The van der Waals surface area contributed by atoms with Crippen LogP contribution in [0.4, 0.5) is 5.82 Å². The molecule has 0 saturated carbocycles. The summed E-state index contributed by atoms with van der Waals surface area (Å²) in [5.74, 6) is 1.80. The van der Waals surface area contributed by atoms with E-state index < -0.39 is 6.04 Å². The molecule has 27 heavy (non-hydrogen) atoms. The number of benzene rings is 1. The van der Waals surface area contributed by atoms with Gasteiger partial charge in [-0.3, -0.25) is 4.79 Å². The molecule has 0 radical (unpaired) electrons. The fourth-order valence-electron chi connectivity index (χ4n) is 2.99. The smallest absolute Gasteiger partial charge is 0.244 e. The summed E-state index contributed by atoms with van der Waals surface area (Å²) in [7, 11) is 0. The van der Waals surface area contributed by atoms with Crippen LogP contribution >= 0.6 is 0 Å². The van der Waals surface area contributed by atoms with Crippen molar-refractivity contribution in [1.82, 2.24) is 14.9 Å². The molecule has 1 aromatic heterocycles. The van der Waals surface area contributed by atoms with Gasteiger partial charge in [-0.1, -0.05) is 44.2 Å². The van der Waals surface area contributed by atoms with E-state index in [4.69, 9.17) is 10.5 Å². The maximum atomic E-state index is 12.7. The van der Waals surface area contributed by atoms with Crippen LogP contribution in [0.1, 0.15) is 25.5 Å². The third-order valence-corrected chi connectivity index (χ3v) is 4.53. The first-order chi connectivity index (χ1) is 13.0. The van der Waals surface area contributed by atoms with Gasteiger partial charge in [-0.05, 0) is 11.5 Å². The van der Waals surface area contributed by atoms with Gasteiger partial charge in [0, 0.05) is 32.2 Å². The number of piperazine rings is 1. The second kappa shape index (κ2) is 8.81. The molecular formula is C20H27N5O2. The summed E-state index contributed by atoms with van der Waals surface area (Å²) in [5.41, 5.74) is 6.99. The van der Waals surface area contributed by atoms with E-state index in [-0.39, 0.29) is 5.91 Å². The highest BCUT2D eigenvalue weighted by Crippen LogP contribution is 2.20. The third-order valence-electron chi connectivity index (χ3n) is 4.53. The van der Waals surface area contributed by atoms with Crippen LogP contribution < -0.4 is 15.4 Å². The van der Waals surface area contributed by atoms with E-state index in [9.17, 15) is 4.79 Å². The van der Waals surface area contributed by atoms with E-state index in [0.717, 1.165) is 11.4 Å². The number of anilines is 1. The van der Waals surface area contributed by atoms with E-state index in [0.29, 0.717) is 44.6 Å². The molecule has 0 spiro atoms. The van der Waals surface area contributed by atoms with Crippen molar-refractivity contribution in [3.8, 4) is 5.88 Å². The normalized spacial score (nSPS) is 15.7. The van der Waals surface area contributed by atoms with Gasteiger partial charge in [-0.2, -0.15) is 0 Å². The molecule has 1 atom stereocenters. The van der Waals surface area contributed by atoms with Gasteiger partial charge in [0.15, 0.2) is 0 Å². The van der Waals surface area contributed by atoms with Crippen molar-refractivity contribution in [3.63, 3.8) is 0 Å². The molecule has 1 aliphatic rings. The van der Waals surface area contributed by atoms with Gasteiger partial charge < -0.3 is 20.3 Å². The number of carbonyl (C=O) groups excluding carboxylic acids is 1. The summed E-state index contributed by atoms with van der Waals surface area (Å²) < 4.78 is 5.68. The first-order valence-electron chi connectivity index (χ1n) is 9.33. The second-order valence-electron chi connectivity index (χ2n) is 7.12. The first-order valence-corrected chi connectivity index (χ1v) is 9.33. The van der Waals surface area contributed by atoms with Gasteiger partial charge in [0.25, 0.3) is 0 Å². The van der Waals surface area contributed by atoms with Crippen molar-refractivity contribution in [3.05, 3.63) is 48.3 Å². The van der Waals surface area contributed by atoms with Gasteiger partial charge in [-0.25, -0.2) is 9.97 Å². The Bertz CT molecular complexity index is 745. The quantitative estimate of drug-likeness (QED) is 0.837. The van der Waals surface area contributed by atoms with Gasteiger partial charge in [0.05, 0.1) is 6.61 Å². The number of rotatable bonds is 6. The Labute approximate surface area is 160 Å². The number of amides is 1. The van der Waals surface area contributed by atoms with Crippen molar-refractivity contribution < 1.29 is 9.53 Å². The standard InChI is InChI=1S/C20H27N5O2/c1-15(2)13-27-18-12-17(22-14-23-18)24-8-10-25(11-9-24)20(26)19(21)16-6-4-3-5-7-16/h3-7,12,14-15,19H,8-11,13,21H2,1-2H3. The number of carbonyl (C=O) groups is 1. The monoisotopic (exact) mass is 369 g/mol. The molecule has 1 unspecified atom stereocenters. The van der Waals surface area contributed by atoms with Crippen LogP contribution in [0.5, 0.6) is 5.88 Å². The summed E-state index contributed by atoms with van der Waals surface area (Å²) in [4.78, 5) is 25.2. The molecule has 1 aliphatic heterocycles. The van der Waals surface area contributed by atoms with Crippen LogP contribution in [0.15, 0.2) is 42.7 Å². The number of aromatic nitrogens is 2. The zero-order chi connectivity index (χ0) is 19.2. The molecule has 7 heteroatoms. The molecule has 1 saturated heterocycles. The molecule has 2 aromatic rings. The van der Waals surface area contributed by atoms with Crippen LogP contribution in [0.3, 0.4) is 0 Å². The minimum Gasteiger partial charge on any atom is -0.477 e. The Morgan fingerprint density at radius 2 is 1.85 bits per heavy atom. The fourth-order valence-corrected chi connectivity index (χ4v) is 2.99. The Morgan fingerprint density at radius 1 is 1.15 bits per heavy atom. The number of hydrogen-bond donors (Lipinski definition) is 1. The maximum Gasteiger partial charge on any atom is 0.244 e. The highest BCUT2D eigenvalue weighted by Gasteiger charge is 2.26. The van der Waals surface area contributed by atoms with Crippen LogP contribution in [0.2, 0.25) is 0 Å². The van der Waals surface area contributed by atoms with E-state index >= 15 is 0 Å². The molecule has 3 rings (SSSR count). The second-order valence-corrected chi connectivity index (χ2v) is 7.12. The van der Waals surface area contributed by atoms with Crippen molar-refractivity contribution in [1.29, 1.82) is 0 Å². The zero-order valence-corrected chi connectivity index (χ0v) is 15.9. The molecule has 1 aromatic carbocycles. The lowest BCUT2D eigenvalue weighted by atomic mass is 10.1. The minimum atomic E-state index is -0.618. The summed E-state index contributed by atoms with van der Waals surface area (Å²) in [5, 5.41) is 0. The molecule has 1 amide bonds. The van der Waals surface area contributed by atoms with Crippen molar-refractivity contribution >= 4 is 11.7 Å². The summed E-state index contributed by atoms with van der Waals surface area (Å²) in [6.45, 7) is 7.45. The maximum absolute atomic E-state index is 12.7. The fraction of sp³-hybridized carbons (Fsp3) is 0.450. The first kappa shape index (κ1) is 19.1. The zero-order valence-electron chi connectivity index (χ0n) is 15.9. The van der Waals surface area contributed by atoms with Crippen LogP contribution in [0, 0.1) is 5.92 Å². The van der Waals surface area contributed by atoms with Crippen LogP contribution in [-0.2, 0) is 4.79 Å². The molecule has 144 valence electrons. The Hall–Kier alpha value is -2.67. The van der Waals surface area contributed by atoms with Gasteiger partial charge in [-0.15, -0.1) is 0 Å². The SMILES string of the molecule is CC(C)COc1cc(N2CCN(C(=O)C(N)c3ccccc3)CC2)ncn1. The Balaban J connectivity index is 1.57. The summed E-state index contributed by atoms with van der Waals surface area (Å²) in [6, 6.07) is 10.7. The third kappa shape index (κ3) is 4.95. The molecule has 0 aliphatic carbocycles. The lowest BCUT2D eigenvalue weighted by Gasteiger charge is -2.36. The Kier molecular flexibility index (Phi) is 6.24. The summed E-state index contributed by atoms with van der Waals surface area (Å²) >= 11 is 0. The average molecular weight is 369 g/mol. The van der Waals surface area contributed by atoms with E-state index in [1.54, 1.807) is 0 Å². The number of nitrogens with two attached hydrogens (primary N) is 1. The van der Waals surface area contributed by atoms with Crippen molar-refractivity contribution in [2.75, 3.05) is 37.7 Å². The lowest BCUT2D eigenvalue weighted by molar-refractivity contribution is -0.133. The highest BCUT2D eigenvalue weighted by atomic mass is 16.5. The van der Waals surface area contributed by atoms with Gasteiger partial charge in [0.1, 0.15) is 18.2 Å². The molecular weight excluding hydrogens is 342 g/mol. The van der Waals surface area contributed by atoms with Crippen molar-refractivity contribution in [2.24, 2.45) is 11.7 Å². The van der Waals surface area contributed by atoms with Crippen molar-refractivity contribution in [2.45, 2.75) is 19.9 Å². The van der Waals surface area contributed by atoms with Crippen LogP contribution in [-0.4, -0.2) is 53.6 Å². The molecule has 2 N–H and O–H groups in total. The van der Waals surface area contributed by atoms with E-state index in [1.165, 1.54) is 6.33 Å². The van der Waals surface area contributed by atoms with Crippen LogP contribution in [0.25, 0.3) is 0 Å². The largest absolute Gasteiger partial charge is 0.477 e. The van der Waals surface area contributed by atoms with E-state index in [1.807, 2.05) is 41.3 Å². The predicted molar refractivity (Wildman–Crippen MR) is 105 cm³/mol. The van der Waals surface area contributed by atoms with Gasteiger partial charge in [0.2, 0.25) is 11.8 Å². The van der Waals surface area contributed by atoms with E-state index in [2.05, 4.69) is 28.7 Å². The molecule has 1 fully saturated rings. The minimum absolute atomic E-state index is 0.0375. The average Bonchev–Trinajstić information content (AvgIpc) is 2.72. The highest BCUT2D eigenvalue weighted by molar-refractivity contribution is 5.83. The number of hydrogen-bond acceptors (Lipinski definition) is 6. The molecule has 7 nitrogen and oxygen atoms in total. The Morgan fingerprint density at radius 3 is 2.52 bits per heavy atom. The predicted octanol–water partition coefficient (Wildman–Crippen LogP) is 1.86. The topological polar surface area (TPSA) is 84.6 Å². The molecule has 2 heterocycles. The summed E-state index contributed by atoms with van der Waals surface area (Å²) in [6.07, 6.45) is 1.52. The molecule has 0 bridgehead atoms. The lowest BCUT2D eigenvalue weighted by Crippen LogP contribution is -2.51. The number of nitrogens with zero attached hydrogens (tertiary/aromatic N) is 4.